The van der Waals surface area contributed by atoms with Gasteiger partial charge >= 0.3 is 47.6 Å². The topological polar surface area (TPSA) is 0 Å². The van der Waals surface area contributed by atoms with Crippen LogP contribution < -0.4 is 0 Å². The average molecular weight is 144 g/mol. The van der Waals surface area contributed by atoms with Crippen LogP contribution in [0.15, 0.2) is 10.9 Å². The van der Waals surface area contributed by atoms with Gasteiger partial charge in [-0.15, -0.1) is 0 Å². The molecular formula is C5H9As. The third kappa shape index (κ3) is 4.30. The molecule has 0 saturated heterocycles. The molecule has 0 fully saturated rings. The van der Waals surface area contributed by atoms with Crippen LogP contribution >= 0.6 is 0 Å². The van der Waals surface area contributed by atoms with Crippen molar-refractivity contribution >= 4 is 16.9 Å². The predicted molar refractivity (Wildman–Crippen MR) is 29.8 cm³/mol. The maximum absolute atomic E-state index is 2.42. The Morgan fingerprint density at radius 1 is 1.67 bits per heavy atom. The zero-order valence-corrected chi connectivity index (χ0v) is 5.89. The molecular weight excluding hydrogens is 135 g/mol. The van der Waals surface area contributed by atoms with E-state index < -0.39 is 0 Å². The molecule has 2 radical (unpaired) electrons. The van der Waals surface area contributed by atoms with E-state index in [1.54, 1.807) is 0 Å². The van der Waals surface area contributed by atoms with E-state index in [1.807, 2.05) is 4.86 Å². The summed E-state index contributed by atoms with van der Waals surface area (Å²) in [5.41, 5.74) is 0. The van der Waals surface area contributed by atoms with Gasteiger partial charge in [-0.25, -0.2) is 0 Å². The van der Waals surface area contributed by atoms with Crippen molar-refractivity contribution in [3.05, 3.63) is 10.9 Å². The zero-order valence-electron chi connectivity index (χ0n) is 4.02. The number of hydrogen-bond acceptors (Lipinski definition) is 0. The molecule has 0 aromatic rings. The number of rotatable bonds is 2. The zero-order chi connectivity index (χ0) is 4.83. The van der Waals surface area contributed by atoms with Crippen molar-refractivity contribution in [2.45, 2.75) is 19.8 Å². The molecule has 0 unspecified atom stereocenters. The molecule has 0 atom stereocenters. The molecule has 0 aromatic heterocycles. The van der Waals surface area contributed by atoms with E-state index in [1.165, 1.54) is 12.8 Å². The SMILES string of the molecule is CCC/C=C/[As]. The van der Waals surface area contributed by atoms with Crippen molar-refractivity contribution in [1.29, 1.82) is 0 Å². The minimum atomic E-state index is 1.22. The molecule has 0 aliphatic carbocycles. The van der Waals surface area contributed by atoms with Crippen LogP contribution in [0, 0.1) is 0 Å². The predicted octanol–water partition coefficient (Wildman–Crippen LogP) is 1.47. The quantitative estimate of drug-likeness (QED) is 0.515. The summed E-state index contributed by atoms with van der Waals surface area (Å²) in [6.45, 7) is 2.17. The Morgan fingerprint density at radius 3 is 2.50 bits per heavy atom. The molecule has 0 rings (SSSR count). The van der Waals surface area contributed by atoms with Crippen molar-refractivity contribution in [3.8, 4) is 0 Å². The van der Waals surface area contributed by atoms with Crippen molar-refractivity contribution in [1.82, 2.24) is 0 Å². The van der Waals surface area contributed by atoms with Crippen molar-refractivity contribution < 1.29 is 0 Å². The van der Waals surface area contributed by atoms with Gasteiger partial charge in [-0.05, 0) is 0 Å². The minimum absolute atomic E-state index is 1.22. The molecule has 0 saturated carbocycles. The molecule has 0 heterocycles. The summed E-state index contributed by atoms with van der Waals surface area (Å²) in [7, 11) is 0. The Bertz CT molecular complexity index is 39.2. The van der Waals surface area contributed by atoms with E-state index in [2.05, 4.69) is 29.9 Å². The van der Waals surface area contributed by atoms with Crippen LogP contribution in [-0.2, 0) is 0 Å². The first-order chi connectivity index (χ1) is 2.91. The average Bonchev–Trinajstić information content (AvgIpc) is 1.61. The van der Waals surface area contributed by atoms with Gasteiger partial charge in [0.05, 0.1) is 0 Å². The second-order valence-electron chi connectivity index (χ2n) is 1.17. The molecule has 6 heavy (non-hydrogen) atoms. The van der Waals surface area contributed by atoms with Crippen LogP contribution in [0.2, 0.25) is 0 Å². The summed E-state index contributed by atoms with van der Waals surface area (Å²) in [6, 6.07) is 0. The standard InChI is InChI=1S/C5H9As/c1-2-3-4-5-6/h4-5H,2-3H2,1H3/b5-4+. The summed E-state index contributed by atoms with van der Waals surface area (Å²) >= 11 is 2.42. The first-order valence-electron chi connectivity index (χ1n) is 2.21. The molecule has 1 heteroatoms. The summed E-state index contributed by atoms with van der Waals surface area (Å²) in [4.78, 5) is 2.02. The summed E-state index contributed by atoms with van der Waals surface area (Å²) in [5, 5.41) is 0. The first-order valence-corrected chi connectivity index (χ1v) is 3.29. The molecule has 0 aliphatic rings. The Balaban J connectivity index is 2.66. The normalized spacial score (nSPS) is 10.3. The van der Waals surface area contributed by atoms with E-state index in [4.69, 9.17) is 0 Å². The maximum atomic E-state index is 2.42. The Morgan fingerprint density at radius 2 is 2.33 bits per heavy atom. The fourth-order valence-electron chi connectivity index (χ4n) is 0.241. The van der Waals surface area contributed by atoms with Crippen LogP contribution in [0.5, 0.6) is 0 Å². The van der Waals surface area contributed by atoms with Crippen molar-refractivity contribution in [2.75, 3.05) is 0 Å². The van der Waals surface area contributed by atoms with Gasteiger partial charge in [-0.3, -0.25) is 0 Å². The van der Waals surface area contributed by atoms with Gasteiger partial charge in [0, 0.05) is 0 Å². The molecule has 0 aromatic carbocycles. The fraction of sp³-hybridized carbons (Fsp3) is 0.600. The van der Waals surface area contributed by atoms with Crippen LogP contribution in [0.25, 0.3) is 0 Å². The molecule has 34 valence electrons. The third-order valence-corrected chi connectivity index (χ3v) is 1.00. The summed E-state index contributed by atoms with van der Waals surface area (Å²) in [6.07, 6.45) is 4.63. The molecule has 0 aliphatic heterocycles. The molecule has 0 spiro atoms. The van der Waals surface area contributed by atoms with Crippen molar-refractivity contribution in [3.63, 3.8) is 0 Å². The van der Waals surface area contributed by atoms with Crippen LogP contribution in [-0.4, -0.2) is 16.9 Å². The van der Waals surface area contributed by atoms with Gasteiger partial charge in [-0.2, -0.15) is 0 Å². The van der Waals surface area contributed by atoms with Crippen LogP contribution in [0.4, 0.5) is 0 Å². The summed E-state index contributed by atoms with van der Waals surface area (Å²) < 4.78 is 0. The second-order valence-corrected chi connectivity index (χ2v) is 1.80. The van der Waals surface area contributed by atoms with Crippen LogP contribution in [0.3, 0.4) is 0 Å². The monoisotopic (exact) mass is 144 g/mol. The van der Waals surface area contributed by atoms with Gasteiger partial charge in [0.15, 0.2) is 0 Å². The molecule has 0 amide bonds. The van der Waals surface area contributed by atoms with Gasteiger partial charge in [0.25, 0.3) is 0 Å². The number of hydrogen-bond donors (Lipinski definition) is 0. The molecule has 0 nitrogen and oxygen atoms in total. The van der Waals surface area contributed by atoms with E-state index in [0.29, 0.717) is 0 Å². The Labute approximate surface area is 48.1 Å². The summed E-state index contributed by atoms with van der Waals surface area (Å²) in [5.74, 6) is 0. The first kappa shape index (κ1) is 6.30. The second kappa shape index (κ2) is 5.30. The van der Waals surface area contributed by atoms with Gasteiger partial charge in [0.2, 0.25) is 0 Å². The van der Waals surface area contributed by atoms with Crippen molar-refractivity contribution in [2.24, 2.45) is 0 Å². The molecule has 0 N–H and O–H groups in total. The van der Waals surface area contributed by atoms with Gasteiger partial charge in [-0.1, -0.05) is 0 Å². The number of allylic oxidation sites excluding steroid dienone is 1. The van der Waals surface area contributed by atoms with E-state index in [0.717, 1.165) is 0 Å². The third-order valence-electron chi connectivity index (χ3n) is 0.561. The Kier molecular flexibility index (Phi) is 5.56. The molecule has 0 bridgehead atoms. The van der Waals surface area contributed by atoms with E-state index in [-0.39, 0.29) is 0 Å². The van der Waals surface area contributed by atoms with Crippen LogP contribution in [0.1, 0.15) is 19.8 Å². The Hall–Kier alpha value is 0.298. The fourth-order valence-corrected chi connectivity index (χ4v) is 0.554. The van der Waals surface area contributed by atoms with Gasteiger partial charge < -0.3 is 0 Å². The number of unbranched alkanes of at least 4 members (excludes halogenated alkanes) is 1. The van der Waals surface area contributed by atoms with E-state index in [9.17, 15) is 0 Å². The van der Waals surface area contributed by atoms with Gasteiger partial charge in [0.1, 0.15) is 0 Å². The van der Waals surface area contributed by atoms with E-state index >= 15 is 0 Å².